The van der Waals surface area contributed by atoms with Crippen LogP contribution in [0.2, 0.25) is 0 Å². The van der Waals surface area contributed by atoms with Gasteiger partial charge >= 0.3 is 11.9 Å². The van der Waals surface area contributed by atoms with Gasteiger partial charge in [-0.25, -0.2) is 0 Å². The number of rotatable bonds is 2. The van der Waals surface area contributed by atoms with Crippen LogP contribution in [0, 0.1) is 0 Å². The quantitative estimate of drug-likeness (QED) is 0.714. The van der Waals surface area contributed by atoms with Crippen LogP contribution in [0.25, 0.3) is 0 Å². The van der Waals surface area contributed by atoms with Crippen molar-refractivity contribution in [3.8, 4) is 0 Å². The maximum atomic E-state index is 10.9. The number of ether oxygens (including phenoxy) is 2. The molecular formula is C12H12O4. The highest BCUT2D eigenvalue weighted by atomic mass is 16.6. The third-order valence-electron chi connectivity index (χ3n) is 2.47. The van der Waals surface area contributed by atoms with E-state index in [1.54, 1.807) is 0 Å². The molecule has 0 fully saturated rings. The minimum atomic E-state index is -0.461. The van der Waals surface area contributed by atoms with Crippen LogP contribution in [0.3, 0.4) is 0 Å². The summed E-state index contributed by atoms with van der Waals surface area (Å²) in [5, 5.41) is 0. The molecule has 0 radical (unpaired) electrons. The monoisotopic (exact) mass is 220 g/mol. The van der Waals surface area contributed by atoms with Crippen molar-refractivity contribution in [3.05, 3.63) is 35.4 Å². The summed E-state index contributed by atoms with van der Waals surface area (Å²) < 4.78 is 10.2. The SMILES string of the molecule is CC(=O)OC1c2ccccc2C1OC(C)=O. The molecule has 0 amide bonds. The molecule has 1 aromatic rings. The van der Waals surface area contributed by atoms with Crippen LogP contribution in [-0.2, 0) is 19.1 Å². The number of benzene rings is 1. The van der Waals surface area contributed by atoms with E-state index in [-0.39, 0.29) is 11.9 Å². The molecule has 2 atom stereocenters. The summed E-state index contributed by atoms with van der Waals surface area (Å²) >= 11 is 0. The van der Waals surface area contributed by atoms with Gasteiger partial charge in [0.2, 0.25) is 0 Å². The molecule has 0 heterocycles. The van der Waals surface area contributed by atoms with Crippen LogP contribution in [0.5, 0.6) is 0 Å². The Morgan fingerprint density at radius 1 is 0.938 bits per heavy atom. The highest BCUT2D eigenvalue weighted by Crippen LogP contribution is 2.47. The first kappa shape index (κ1) is 10.7. The van der Waals surface area contributed by atoms with Crippen molar-refractivity contribution in [2.75, 3.05) is 0 Å². The fourth-order valence-corrected chi connectivity index (χ4v) is 1.87. The van der Waals surface area contributed by atoms with E-state index in [1.165, 1.54) is 13.8 Å². The lowest BCUT2D eigenvalue weighted by atomic mass is 9.82. The zero-order chi connectivity index (χ0) is 11.7. The van der Waals surface area contributed by atoms with E-state index in [2.05, 4.69) is 0 Å². The van der Waals surface area contributed by atoms with Crippen molar-refractivity contribution in [2.24, 2.45) is 0 Å². The molecule has 0 saturated heterocycles. The Labute approximate surface area is 93.2 Å². The van der Waals surface area contributed by atoms with Crippen molar-refractivity contribution in [3.63, 3.8) is 0 Å². The summed E-state index contributed by atoms with van der Waals surface area (Å²) in [6, 6.07) is 7.45. The summed E-state index contributed by atoms with van der Waals surface area (Å²) in [6.07, 6.45) is -0.921. The fraction of sp³-hybridized carbons (Fsp3) is 0.333. The van der Waals surface area contributed by atoms with Gasteiger partial charge in [0.25, 0.3) is 0 Å². The zero-order valence-corrected chi connectivity index (χ0v) is 9.10. The van der Waals surface area contributed by atoms with E-state index in [0.717, 1.165) is 11.1 Å². The Kier molecular flexibility index (Phi) is 2.64. The van der Waals surface area contributed by atoms with E-state index < -0.39 is 12.2 Å². The topological polar surface area (TPSA) is 52.6 Å². The molecule has 84 valence electrons. The molecule has 2 unspecified atom stereocenters. The van der Waals surface area contributed by atoms with Gasteiger partial charge in [-0.3, -0.25) is 9.59 Å². The van der Waals surface area contributed by atoms with Crippen LogP contribution in [-0.4, -0.2) is 11.9 Å². The molecule has 0 saturated carbocycles. The van der Waals surface area contributed by atoms with Crippen LogP contribution in [0.4, 0.5) is 0 Å². The molecular weight excluding hydrogens is 208 g/mol. The van der Waals surface area contributed by atoms with E-state index in [0.29, 0.717) is 0 Å². The normalized spacial score (nSPS) is 21.6. The third kappa shape index (κ3) is 1.78. The maximum absolute atomic E-state index is 10.9. The molecule has 0 N–H and O–H groups in total. The summed E-state index contributed by atoms with van der Waals surface area (Å²) in [6.45, 7) is 2.68. The zero-order valence-electron chi connectivity index (χ0n) is 9.10. The minimum Gasteiger partial charge on any atom is -0.453 e. The van der Waals surface area contributed by atoms with Gasteiger partial charge in [0, 0.05) is 25.0 Å². The van der Waals surface area contributed by atoms with Gasteiger partial charge < -0.3 is 9.47 Å². The first-order chi connectivity index (χ1) is 7.59. The van der Waals surface area contributed by atoms with Gasteiger partial charge in [-0.15, -0.1) is 0 Å². The number of carbonyl (C=O) groups is 2. The smallest absolute Gasteiger partial charge is 0.303 e. The van der Waals surface area contributed by atoms with Crippen LogP contribution in [0.1, 0.15) is 37.2 Å². The summed E-state index contributed by atoms with van der Waals surface area (Å²) in [5.41, 5.74) is 1.81. The number of fused-ring (bicyclic) bond motifs is 1. The average Bonchev–Trinajstić information content (AvgIpc) is 2.23. The molecule has 16 heavy (non-hydrogen) atoms. The molecule has 0 spiro atoms. The summed E-state index contributed by atoms with van der Waals surface area (Å²) in [5.74, 6) is -0.756. The lowest BCUT2D eigenvalue weighted by molar-refractivity contribution is -0.171. The molecule has 1 aromatic carbocycles. The van der Waals surface area contributed by atoms with Gasteiger partial charge in [-0.1, -0.05) is 24.3 Å². The van der Waals surface area contributed by atoms with Gasteiger partial charge in [0.05, 0.1) is 0 Å². The standard InChI is InChI=1S/C12H12O4/c1-7(13)15-11-9-5-3-4-6-10(9)12(11)16-8(2)14/h3-6,11-12H,1-2H3. The second-order valence-corrected chi connectivity index (χ2v) is 3.69. The third-order valence-corrected chi connectivity index (χ3v) is 2.47. The lowest BCUT2D eigenvalue weighted by Crippen LogP contribution is -2.31. The van der Waals surface area contributed by atoms with Gasteiger partial charge in [0.1, 0.15) is 0 Å². The Balaban J connectivity index is 2.23. The van der Waals surface area contributed by atoms with E-state index >= 15 is 0 Å². The van der Waals surface area contributed by atoms with Crippen LogP contribution in [0.15, 0.2) is 24.3 Å². The predicted octanol–water partition coefficient (Wildman–Crippen LogP) is 1.91. The minimum absolute atomic E-state index is 0.378. The molecule has 4 nitrogen and oxygen atoms in total. The van der Waals surface area contributed by atoms with Crippen LogP contribution < -0.4 is 0 Å². The Hall–Kier alpha value is -1.84. The summed E-state index contributed by atoms with van der Waals surface area (Å²) in [7, 11) is 0. The van der Waals surface area contributed by atoms with Gasteiger partial charge in [-0.2, -0.15) is 0 Å². The summed E-state index contributed by atoms with van der Waals surface area (Å²) in [4.78, 5) is 21.9. The van der Waals surface area contributed by atoms with Crippen molar-refractivity contribution < 1.29 is 19.1 Å². The Morgan fingerprint density at radius 3 is 1.62 bits per heavy atom. The van der Waals surface area contributed by atoms with Crippen molar-refractivity contribution >= 4 is 11.9 Å². The number of carbonyl (C=O) groups excluding carboxylic acids is 2. The van der Waals surface area contributed by atoms with Crippen molar-refractivity contribution in [1.29, 1.82) is 0 Å². The number of esters is 2. The second kappa shape index (κ2) is 3.96. The molecule has 0 bridgehead atoms. The lowest BCUT2D eigenvalue weighted by Gasteiger charge is -2.37. The van der Waals surface area contributed by atoms with E-state index in [1.807, 2.05) is 24.3 Å². The van der Waals surface area contributed by atoms with Gasteiger partial charge in [0.15, 0.2) is 12.2 Å². The molecule has 1 aliphatic rings. The number of hydrogen-bond acceptors (Lipinski definition) is 4. The van der Waals surface area contributed by atoms with E-state index in [4.69, 9.17) is 9.47 Å². The predicted molar refractivity (Wildman–Crippen MR) is 55.5 cm³/mol. The molecule has 0 aliphatic heterocycles. The largest absolute Gasteiger partial charge is 0.453 e. The molecule has 0 aromatic heterocycles. The highest BCUT2D eigenvalue weighted by Gasteiger charge is 2.42. The van der Waals surface area contributed by atoms with Crippen molar-refractivity contribution in [1.82, 2.24) is 0 Å². The maximum Gasteiger partial charge on any atom is 0.303 e. The average molecular weight is 220 g/mol. The van der Waals surface area contributed by atoms with Gasteiger partial charge in [-0.05, 0) is 0 Å². The molecule has 2 rings (SSSR count). The van der Waals surface area contributed by atoms with E-state index in [9.17, 15) is 9.59 Å². The fourth-order valence-electron chi connectivity index (χ4n) is 1.87. The van der Waals surface area contributed by atoms with Crippen LogP contribution >= 0.6 is 0 Å². The van der Waals surface area contributed by atoms with Crippen molar-refractivity contribution in [2.45, 2.75) is 26.1 Å². The number of hydrogen-bond donors (Lipinski definition) is 0. The highest BCUT2D eigenvalue weighted by molar-refractivity contribution is 5.69. The first-order valence-electron chi connectivity index (χ1n) is 5.03. The Bertz CT molecular complexity index is 397. The molecule has 4 heteroatoms. The Morgan fingerprint density at radius 2 is 1.31 bits per heavy atom. The second-order valence-electron chi connectivity index (χ2n) is 3.69. The first-order valence-corrected chi connectivity index (χ1v) is 5.03. The molecule has 1 aliphatic carbocycles.